The standard InChI is InChI=1S/C13H17BrN2O2/c1-3-15-12(17)9-16(4-2)13(18)10-5-7-11(14)8-6-10/h5-8H,3-4,9H2,1-2H3,(H,15,17). The van der Waals surface area contributed by atoms with Crippen LogP contribution in [0.5, 0.6) is 0 Å². The van der Waals surface area contributed by atoms with Gasteiger partial charge >= 0.3 is 0 Å². The van der Waals surface area contributed by atoms with Crippen LogP contribution in [0.2, 0.25) is 0 Å². The van der Waals surface area contributed by atoms with Gasteiger partial charge in [0.2, 0.25) is 5.91 Å². The van der Waals surface area contributed by atoms with Gasteiger partial charge in [0.15, 0.2) is 0 Å². The molecule has 1 N–H and O–H groups in total. The highest BCUT2D eigenvalue weighted by Crippen LogP contribution is 2.12. The number of halogens is 1. The van der Waals surface area contributed by atoms with Crippen LogP contribution in [-0.2, 0) is 4.79 Å². The van der Waals surface area contributed by atoms with Gasteiger partial charge in [-0.25, -0.2) is 0 Å². The van der Waals surface area contributed by atoms with E-state index >= 15 is 0 Å². The van der Waals surface area contributed by atoms with Crippen LogP contribution in [0.3, 0.4) is 0 Å². The van der Waals surface area contributed by atoms with E-state index in [1.807, 2.05) is 26.0 Å². The van der Waals surface area contributed by atoms with Crippen LogP contribution in [0, 0.1) is 0 Å². The number of carbonyl (C=O) groups excluding carboxylic acids is 2. The lowest BCUT2D eigenvalue weighted by molar-refractivity contribution is -0.121. The maximum absolute atomic E-state index is 12.2. The molecule has 0 atom stereocenters. The van der Waals surface area contributed by atoms with Gasteiger partial charge in [-0.3, -0.25) is 9.59 Å². The summed E-state index contributed by atoms with van der Waals surface area (Å²) in [4.78, 5) is 25.2. The smallest absolute Gasteiger partial charge is 0.254 e. The molecule has 0 radical (unpaired) electrons. The van der Waals surface area contributed by atoms with Gasteiger partial charge in [0.25, 0.3) is 5.91 Å². The summed E-state index contributed by atoms with van der Waals surface area (Å²) in [6, 6.07) is 7.11. The third-order valence-corrected chi connectivity index (χ3v) is 3.00. The minimum atomic E-state index is -0.134. The highest BCUT2D eigenvalue weighted by atomic mass is 79.9. The van der Waals surface area contributed by atoms with E-state index in [1.165, 1.54) is 4.90 Å². The summed E-state index contributed by atoms with van der Waals surface area (Å²) in [5.74, 6) is -0.263. The van der Waals surface area contributed by atoms with E-state index in [-0.39, 0.29) is 18.4 Å². The molecule has 0 aromatic heterocycles. The maximum atomic E-state index is 12.2. The molecule has 1 aromatic rings. The highest BCUT2D eigenvalue weighted by molar-refractivity contribution is 9.10. The number of nitrogens with one attached hydrogen (secondary N) is 1. The van der Waals surface area contributed by atoms with Crippen molar-refractivity contribution < 1.29 is 9.59 Å². The second-order valence-corrected chi connectivity index (χ2v) is 4.70. The van der Waals surface area contributed by atoms with Gasteiger partial charge < -0.3 is 10.2 Å². The molecule has 0 saturated carbocycles. The Balaban J connectivity index is 2.73. The topological polar surface area (TPSA) is 49.4 Å². The Morgan fingerprint density at radius 1 is 1.22 bits per heavy atom. The highest BCUT2D eigenvalue weighted by Gasteiger charge is 2.16. The van der Waals surface area contributed by atoms with Crippen molar-refractivity contribution in [2.75, 3.05) is 19.6 Å². The fourth-order valence-electron chi connectivity index (χ4n) is 1.53. The van der Waals surface area contributed by atoms with Crippen molar-refractivity contribution in [3.05, 3.63) is 34.3 Å². The van der Waals surface area contributed by atoms with Crippen molar-refractivity contribution in [1.29, 1.82) is 0 Å². The van der Waals surface area contributed by atoms with Crippen molar-refractivity contribution in [2.45, 2.75) is 13.8 Å². The third kappa shape index (κ3) is 4.14. The van der Waals surface area contributed by atoms with Crippen molar-refractivity contribution in [1.82, 2.24) is 10.2 Å². The Morgan fingerprint density at radius 3 is 2.33 bits per heavy atom. The molecule has 5 heteroatoms. The average Bonchev–Trinajstić information content (AvgIpc) is 2.36. The first-order chi connectivity index (χ1) is 8.58. The number of hydrogen-bond acceptors (Lipinski definition) is 2. The number of rotatable bonds is 5. The van der Waals surface area contributed by atoms with Crippen LogP contribution in [0.4, 0.5) is 0 Å². The van der Waals surface area contributed by atoms with E-state index in [1.54, 1.807) is 12.1 Å². The van der Waals surface area contributed by atoms with Gasteiger partial charge in [0.1, 0.15) is 0 Å². The van der Waals surface area contributed by atoms with E-state index in [4.69, 9.17) is 0 Å². The zero-order chi connectivity index (χ0) is 13.5. The normalized spacial score (nSPS) is 9.94. The van der Waals surface area contributed by atoms with Crippen molar-refractivity contribution in [3.8, 4) is 0 Å². The zero-order valence-electron chi connectivity index (χ0n) is 10.6. The van der Waals surface area contributed by atoms with Gasteiger partial charge in [0, 0.05) is 23.1 Å². The average molecular weight is 313 g/mol. The Hall–Kier alpha value is -1.36. The molecule has 0 aliphatic heterocycles. The van der Waals surface area contributed by atoms with Crippen molar-refractivity contribution in [3.63, 3.8) is 0 Å². The molecule has 0 saturated heterocycles. The number of nitrogens with zero attached hydrogens (tertiary/aromatic N) is 1. The molecule has 0 aliphatic carbocycles. The number of likely N-dealkylation sites (N-methyl/N-ethyl adjacent to an activating group) is 2. The summed E-state index contributed by atoms with van der Waals surface area (Å²) in [7, 11) is 0. The lowest BCUT2D eigenvalue weighted by Gasteiger charge is -2.20. The quantitative estimate of drug-likeness (QED) is 0.904. The first kappa shape index (κ1) is 14.7. The van der Waals surface area contributed by atoms with E-state index < -0.39 is 0 Å². The van der Waals surface area contributed by atoms with Gasteiger partial charge in [-0.15, -0.1) is 0 Å². The number of carbonyl (C=O) groups is 2. The molecule has 1 rings (SSSR count). The van der Waals surface area contributed by atoms with Crippen LogP contribution < -0.4 is 5.32 Å². The number of amides is 2. The molecule has 0 spiro atoms. The van der Waals surface area contributed by atoms with Crippen LogP contribution in [0.25, 0.3) is 0 Å². The predicted molar refractivity (Wildman–Crippen MR) is 74.4 cm³/mol. The summed E-state index contributed by atoms with van der Waals surface area (Å²) in [6.45, 7) is 4.88. The molecule has 4 nitrogen and oxygen atoms in total. The summed E-state index contributed by atoms with van der Waals surface area (Å²) in [5.41, 5.74) is 0.587. The first-order valence-electron chi connectivity index (χ1n) is 5.90. The van der Waals surface area contributed by atoms with E-state index in [0.717, 1.165) is 4.47 Å². The van der Waals surface area contributed by atoms with Gasteiger partial charge in [0.05, 0.1) is 6.54 Å². The van der Waals surface area contributed by atoms with Crippen LogP contribution in [0.1, 0.15) is 24.2 Å². The predicted octanol–water partition coefficient (Wildman–Crippen LogP) is 2.05. The second-order valence-electron chi connectivity index (χ2n) is 3.78. The van der Waals surface area contributed by atoms with Gasteiger partial charge in [-0.2, -0.15) is 0 Å². The molecule has 0 unspecified atom stereocenters. The Morgan fingerprint density at radius 2 is 1.83 bits per heavy atom. The molecule has 18 heavy (non-hydrogen) atoms. The largest absolute Gasteiger partial charge is 0.355 e. The maximum Gasteiger partial charge on any atom is 0.254 e. The van der Waals surface area contributed by atoms with Crippen LogP contribution >= 0.6 is 15.9 Å². The summed E-state index contributed by atoms with van der Waals surface area (Å²) in [5, 5.41) is 2.69. The Labute approximate surface area is 115 Å². The van der Waals surface area contributed by atoms with E-state index in [0.29, 0.717) is 18.7 Å². The SMILES string of the molecule is CCNC(=O)CN(CC)C(=O)c1ccc(Br)cc1. The Kier molecular flexibility index (Phi) is 5.85. The molecular weight excluding hydrogens is 296 g/mol. The minimum absolute atomic E-state index is 0.0965. The summed E-state index contributed by atoms with van der Waals surface area (Å²) >= 11 is 3.32. The van der Waals surface area contributed by atoms with Crippen LogP contribution in [-0.4, -0.2) is 36.3 Å². The molecule has 98 valence electrons. The minimum Gasteiger partial charge on any atom is -0.355 e. The molecule has 0 aliphatic rings. The zero-order valence-corrected chi connectivity index (χ0v) is 12.2. The third-order valence-electron chi connectivity index (χ3n) is 2.47. The number of benzene rings is 1. The molecule has 0 fully saturated rings. The van der Waals surface area contributed by atoms with E-state index in [2.05, 4.69) is 21.2 Å². The fraction of sp³-hybridized carbons (Fsp3) is 0.385. The monoisotopic (exact) mass is 312 g/mol. The molecular formula is C13H17BrN2O2. The molecule has 0 heterocycles. The molecule has 0 bridgehead atoms. The lowest BCUT2D eigenvalue weighted by Crippen LogP contribution is -2.40. The molecule has 2 amide bonds. The van der Waals surface area contributed by atoms with Crippen LogP contribution in [0.15, 0.2) is 28.7 Å². The lowest BCUT2D eigenvalue weighted by atomic mass is 10.2. The number of hydrogen-bond donors (Lipinski definition) is 1. The second kappa shape index (κ2) is 7.16. The van der Waals surface area contributed by atoms with E-state index in [9.17, 15) is 9.59 Å². The van der Waals surface area contributed by atoms with Crippen molar-refractivity contribution >= 4 is 27.7 Å². The summed E-state index contributed by atoms with van der Waals surface area (Å²) < 4.78 is 0.922. The molecule has 1 aromatic carbocycles. The fourth-order valence-corrected chi connectivity index (χ4v) is 1.79. The Bertz CT molecular complexity index is 418. The summed E-state index contributed by atoms with van der Waals surface area (Å²) in [6.07, 6.45) is 0. The first-order valence-corrected chi connectivity index (χ1v) is 6.69. The van der Waals surface area contributed by atoms with Gasteiger partial charge in [-0.1, -0.05) is 15.9 Å². The van der Waals surface area contributed by atoms with Gasteiger partial charge in [-0.05, 0) is 38.1 Å². The van der Waals surface area contributed by atoms with Crippen molar-refractivity contribution in [2.24, 2.45) is 0 Å².